The number of carbonyl (C=O) groups is 2. The second-order valence-corrected chi connectivity index (χ2v) is 2.78. The Hall–Kier alpha value is -1.64. The number of aldehydes is 1. The second kappa shape index (κ2) is 5.17. The molecule has 0 unspecified atom stereocenters. The molecular weight excluding hydrogens is 180 g/mol. The zero-order chi connectivity index (χ0) is 10.4. The van der Waals surface area contributed by atoms with E-state index in [0.29, 0.717) is 11.8 Å². The van der Waals surface area contributed by atoms with Crippen LogP contribution in [0.25, 0.3) is 0 Å². The minimum absolute atomic E-state index is 0.288. The Morgan fingerprint density at radius 1 is 1.43 bits per heavy atom. The third-order valence-electron chi connectivity index (χ3n) is 1.84. The standard InChI is InChI=1S/C11H12O3/c1-2-14-11(13)10(8-12)9-6-4-3-5-7-9/h3-8,10H,2H2,1H3/t10-/m0/s1. The van der Waals surface area contributed by atoms with Crippen LogP contribution in [-0.4, -0.2) is 18.9 Å². The third kappa shape index (κ3) is 2.42. The van der Waals surface area contributed by atoms with Gasteiger partial charge in [-0.2, -0.15) is 0 Å². The first-order chi connectivity index (χ1) is 6.79. The molecule has 0 spiro atoms. The van der Waals surface area contributed by atoms with Crippen LogP contribution in [0.1, 0.15) is 18.4 Å². The maximum Gasteiger partial charge on any atom is 0.320 e. The van der Waals surface area contributed by atoms with Crippen molar-refractivity contribution in [3.8, 4) is 0 Å². The summed E-state index contributed by atoms with van der Waals surface area (Å²) in [6, 6.07) is 8.86. The summed E-state index contributed by atoms with van der Waals surface area (Å²) in [6.45, 7) is 2.00. The number of hydrogen-bond acceptors (Lipinski definition) is 3. The van der Waals surface area contributed by atoms with Crippen molar-refractivity contribution < 1.29 is 14.3 Å². The van der Waals surface area contributed by atoms with Gasteiger partial charge in [0.1, 0.15) is 12.2 Å². The Bertz CT molecular complexity index is 306. The molecule has 0 aliphatic heterocycles. The van der Waals surface area contributed by atoms with Gasteiger partial charge in [-0.15, -0.1) is 0 Å². The molecule has 0 aliphatic carbocycles. The molecule has 3 heteroatoms. The lowest BCUT2D eigenvalue weighted by molar-refractivity contribution is -0.146. The largest absolute Gasteiger partial charge is 0.465 e. The number of esters is 1. The van der Waals surface area contributed by atoms with Gasteiger partial charge in [-0.25, -0.2) is 0 Å². The van der Waals surface area contributed by atoms with Crippen LogP contribution in [0, 0.1) is 0 Å². The number of benzene rings is 1. The monoisotopic (exact) mass is 192 g/mol. The first kappa shape index (κ1) is 10.4. The van der Waals surface area contributed by atoms with Crippen LogP contribution >= 0.6 is 0 Å². The normalized spacial score (nSPS) is 11.8. The van der Waals surface area contributed by atoms with E-state index < -0.39 is 11.9 Å². The van der Waals surface area contributed by atoms with E-state index in [1.54, 1.807) is 31.2 Å². The van der Waals surface area contributed by atoms with Crippen LogP contribution in [0.4, 0.5) is 0 Å². The van der Waals surface area contributed by atoms with Crippen molar-refractivity contribution >= 4 is 12.3 Å². The van der Waals surface area contributed by atoms with Crippen LogP contribution in [0.3, 0.4) is 0 Å². The van der Waals surface area contributed by atoms with Crippen LogP contribution in [-0.2, 0) is 14.3 Å². The van der Waals surface area contributed by atoms with Crippen molar-refractivity contribution in [3.63, 3.8) is 0 Å². The molecule has 0 bridgehead atoms. The van der Waals surface area contributed by atoms with Gasteiger partial charge < -0.3 is 9.53 Å². The highest BCUT2D eigenvalue weighted by Gasteiger charge is 2.20. The molecule has 0 aromatic heterocycles. The SMILES string of the molecule is CCOC(=O)[C@@H](C=O)c1ccccc1. The maximum absolute atomic E-state index is 11.3. The summed E-state index contributed by atoms with van der Waals surface area (Å²) >= 11 is 0. The number of hydrogen-bond donors (Lipinski definition) is 0. The Kier molecular flexibility index (Phi) is 3.85. The first-order valence-corrected chi connectivity index (χ1v) is 4.46. The van der Waals surface area contributed by atoms with Crippen LogP contribution in [0.15, 0.2) is 30.3 Å². The third-order valence-corrected chi connectivity index (χ3v) is 1.84. The van der Waals surface area contributed by atoms with E-state index in [-0.39, 0.29) is 6.61 Å². The lowest BCUT2D eigenvalue weighted by Crippen LogP contribution is -2.16. The Balaban J connectivity index is 2.82. The van der Waals surface area contributed by atoms with E-state index in [2.05, 4.69) is 0 Å². The molecule has 3 nitrogen and oxygen atoms in total. The molecule has 0 radical (unpaired) electrons. The summed E-state index contributed by atoms with van der Waals surface area (Å²) in [7, 11) is 0. The highest BCUT2D eigenvalue weighted by Crippen LogP contribution is 2.14. The predicted octanol–water partition coefficient (Wildman–Crippen LogP) is 1.53. The zero-order valence-electron chi connectivity index (χ0n) is 7.97. The smallest absolute Gasteiger partial charge is 0.320 e. The first-order valence-electron chi connectivity index (χ1n) is 4.46. The molecule has 1 aromatic rings. The van der Waals surface area contributed by atoms with E-state index >= 15 is 0 Å². The van der Waals surface area contributed by atoms with Crippen molar-refractivity contribution in [1.82, 2.24) is 0 Å². The van der Waals surface area contributed by atoms with E-state index in [0.717, 1.165) is 0 Å². The highest BCUT2D eigenvalue weighted by molar-refractivity contribution is 5.94. The van der Waals surface area contributed by atoms with Crippen LogP contribution in [0.5, 0.6) is 0 Å². The van der Waals surface area contributed by atoms with E-state index in [9.17, 15) is 9.59 Å². The molecular formula is C11H12O3. The lowest BCUT2D eigenvalue weighted by Gasteiger charge is -2.08. The molecule has 74 valence electrons. The van der Waals surface area contributed by atoms with Gasteiger partial charge in [-0.1, -0.05) is 30.3 Å². The molecule has 0 N–H and O–H groups in total. The molecule has 0 amide bonds. The lowest BCUT2D eigenvalue weighted by atomic mass is 10.0. The summed E-state index contributed by atoms with van der Waals surface area (Å²) in [4.78, 5) is 22.0. The van der Waals surface area contributed by atoms with Crippen LogP contribution < -0.4 is 0 Å². The van der Waals surface area contributed by atoms with Crippen molar-refractivity contribution in [1.29, 1.82) is 0 Å². The molecule has 0 saturated heterocycles. The van der Waals surface area contributed by atoms with Crippen LogP contribution in [0.2, 0.25) is 0 Å². The van der Waals surface area contributed by atoms with Gasteiger partial charge in [0, 0.05) is 0 Å². The molecule has 1 aromatic carbocycles. The summed E-state index contributed by atoms with van der Waals surface area (Å²) < 4.78 is 4.78. The number of rotatable bonds is 4. The van der Waals surface area contributed by atoms with Crippen molar-refractivity contribution in [2.24, 2.45) is 0 Å². The molecule has 0 heterocycles. The van der Waals surface area contributed by atoms with E-state index in [4.69, 9.17) is 4.74 Å². The van der Waals surface area contributed by atoms with Crippen molar-refractivity contribution in [2.45, 2.75) is 12.8 Å². The molecule has 1 rings (SSSR count). The summed E-state index contributed by atoms with van der Waals surface area (Å²) in [5.74, 6) is -1.29. The van der Waals surface area contributed by atoms with Gasteiger partial charge >= 0.3 is 5.97 Å². The average molecular weight is 192 g/mol. The van der Waals surface area contributed by atoms with Gasteiger partial charge in [0.05, 0.1) is 6.61 Å². The van der Waals surface area contributed by atoms with Crippen molar-refractivity contribution in [2.75, 3.05) is 6.61 Å². The fourth-order valence-corrected chi connectivity index (χ4v) is 1.16. The quantitative estimate of drug-likeness (QED) is 0.413. The molecule has 0 fully saturated rings. The fraction of sp³-hybridized carbons (Fsp3) is 0.273. The Labute approximate surface area is 82.7 Å². The molecule has 0 saturated carbocycles. The number of carbonyl (C=O) groups excluding carboxylic acids is 2. The van der Waals surface area contributed by atoms with Gasteiger partial charge in [0.25, 0.3) is 0 Å². The van der Waals surface area contributed by atoms with Crippen molar-refractivity contribution in [3.05, 3.63) is 35.9 Å². The van der Waals surface area contributed by atoms with E-state index in [1.165, 1.54) is 0 Å². The highest BCUT2D eigenvalue weighted by atomic mass is 16.5. The molecule has 0 aliphatic rings. The predicted molar refractivity (Wildman–Crippen MR) is 51.9 cm³/mol. The van der Waals surface area contributed by atoms with Gasteiger partial charge in [-0.3, -0.25) is 4.79 Å². The summed E-state index contributed by atoms with van der Waals surface area (Å²) in [6.07, 6.45) is 0.604. The summed E-state index contributed by atoms with van der Waals surface area (Å²) in [5.41, 5.74) is 0.668. The topological polar surface area (TPSA) is 43.4 Å². The van der Waals surface area contributed by atoms with Gasteiger partial charge in [0.2, 0.25) is 0 Å². The average Bonchev–Trinajstić information content (AvgIpc) is 2.21. The maximum atomic E-state index is 11.3. The minimum Gasteiger partial charge on any atom is -0.465 e. The zero-order valence-corrected chi connectivity index (χ0v) is 7.97. The Morgan fingerprint density at radius 3 is 2.57 bits per heavy atom. The minimum atomic E-state index is -0.795. The molecule has 14 heavy (non-hydrogen) atoms. The second-order valence-electron chi connectivity index (χ2n) is 2.78. The fourth-order valence-electron chi connectivity index (χ4n) is 1.16. The van der Waals surface area contributed by atoms with Gasteiger partial charge in [0.15, 0.2) is 0 Å². The number of ether oxygens (including phenoxy) is 1. The van der Waals surface area contributed by atoms with E-state index in [1.807, 2.05) is 6.07 Å². The summed E-state index contributed by atoms with van der Waals surface area (Å²) in [5, 5.41) is 0. The Morgan fingerprint density at radius 2 is 2.07 bits per heavy atom. The van der Waals surface area contributed by atoms with Gasteiger partial charge in [-0.05, 0) is 12.5 Å². The molecule has 1 atom stereocenters.